The van der Waals surface area contributed by atoms with Crippen LogP contribution in [0.3, 0.4) is 0 Å². The molecule has 0 saturated carbocycles. The van der Waals surface area contributed by atoms with Crippen molar-refractivity contribution < 1.29 is 9.66 Å². The fourth-order valence-corrected chi connectivity index (χ4v) is 0.736. The highest BCUT2D eigenvalue weighted by atomic mass is 16.6. The zero-order valence-electron chi connectivity index (χ0n) is 7.29. The highest BCUT2D eigenvalue weighted by Crippen LogP contribution is 2.14. The lowest BCUT2D eigenvalue weighted by atomic mass is 10.0. The molecule has 0 saturated heterocycles. The summed E-state index contributed by atoms with van der Waals surface area (Å²) in [5, 5.41) is 9.94. The van der Waals surface area contributed by atoms with E-state index in [4.69, 9.17) is 4.74 Å². The summed E-state index contributed by atoms with van der Waals surface area (Å²) in [7, 11) is 1.62. The molecule has 0 aromatic carbocycles. The Kier molecular flexibility index (Phi) is 4.03. The monoisotopic (exact) mass is 161 g/mol. The Labute approximate surface area is 66.7 Å². The molecule has 0 radical (unpaired) electrons. The van der Waals surface area contributed by atoms with Gasteiger partial charge in [-0.25, -0.2) is 0 Å². The molecule has 11 heavy (non-hydrogen) atoms. The predicted octanol–water partition coefficient (Wildman–Crippen LogP) is 1.47. The lowest BCUT2D eigenvalue weighted by Crippen LogP contribution is -2.23. The van der Waals surface area contributed by atoms with Crippen LogP contribution in [0, 0.1) is 10.1 Å². The van der Waals surface area contributed by atoms with Gasteiger partial charge in [-0.1, -0.05) is 0 Å². The Morgan fingerprint density at radius 1 is 1.55 bits per heavy atom. The van der Waals surface area contributed by atoms with Crippen LogP contribution in [-0.4, -0.2) is 24.2 Å². The lowest BCUT2D eigenvalue weighted by molar-refractivity contribution is -0.481. The highest BCUT2D eigenvalue weighted by molar-refractivity contribution is 4.66. The average molecular weight is 161 g/mol. The van der Waals surface area contributed by atoms with Gasteiger partial charge >= 0.3 is 0 Å². The molecule has 0 aromatic heterocycles. The molecule has 0 N–H and O–H groups in total. The van der Waals surface area contributed by atoms with E-state index < -0.39 is 0 Å². The number of hydrogen-bond donors (Lipinski definition) is 0. The zero-order valence-corrected chi connectivity index (χ0v) is 7.29. The molecule has 0 aliphatic rings. The van der Waals surface area contributed by atoms with Crippen LogP contribution in [0.2, 0.25) is 0 Å². The number of rotatable bonds is 5. The minimum Gasteiger partial charge on any atom is -0.379 e. The molecule has 0 rings (SSSR count). The second-order valence-corrected chi connectivity index (χ2v) is 3.12. The minimum atomic E-state index is -0.300. The number of hydrogen-bond acceptors (Lipinski definition) is 3. The van der Waals surface area contributed by atoms with E-state index in [1.54, 1.807) is 7.11 Å². The van der Waals surface area contributed by atoms with Crippen molar-refractivity contribution in [2.75, 3.05) is 13.7 Å². The number of ether oxygens (including phenoxy) is 1. The van der Waals surface area contributed by atoms with Gasteiger partial charge in [0.25, 0.3) is 0 Å². The van der Waals surface area contributed by atoms with Crippen LogP contribution in [0.5, 0.6) is 0 Å². The van der Waals surface area contributed by atoms with Gasteiger partial charge in [-0.3, -0.25) is 10.1 Å². The van der Waals surface area contributed by atoms with Crippen LogP contribution >= 0.6 is 0 Å². The standard InChI is InChI=1S/C7H15NO3/c1-7(2,11-3)5-4-6-8(9)10/h4-6H2,1-3H3. The minimum absolute atomic E-state index is 0.0345. The molecule has 0 heterocycles. The molecule has 66 valence electrons. The lowest BCUT2D eigenvalue weighted by Gasteiger charge is -2.21. The third kappa shape index (κ3) is 5.79. The average Bonchev–Trinajstić information content (AvgIpc) is 1.87. The number of methoxy groups -OCH3 is 1. The van der Waals surface area contributed by atoms with Crippen LogP contribution in [0.4, 0.5) is 0 Å². The van der Waals surface area contributed by atoms with Crippen molar-refractivity contribution in [1.29, 1.82) is 0 Å². The van der Waals surface area contributed by atoms with Crippen LogP contribution in [-0.2, 0) is 4.74 Å². The van der Waals surface area contributed by atoms with Gasteiger partial charge in [0.2, 0.25) is 6.54 Å². The van der Waals surface area contributed by atoms with E-state index in [0.29, 0.717) is 6.42 Å². The summed E-state index contributed by atoms with van der Waals surface area (Å²) in [6.07, 6.45) is 1.30. The first kappa shape index (κ1) is 10.4. The maximum Gasteiger partial charge on any atom is 0.204 e. The largest absolute Gasteiger partial charge is 0.379 e. The van der Waals surface area contributed by atoms with Gasteiger partial charge in [0.1, 0.15) is 0 Å². The van der Waals surface area contributed by atoms with Crippen molar-refractivity contribution in [2.24, 2.45) is 0 Å². The van der Waals surface area contributed by atoms with Crippen LogP contribution in [0.1, 0.15) is 26.7 Å². The van der Waals surface area contributed by atoms with E-state index in [1.807, 2.05) is 13.8 Å². The molecule has 0 atom stereocenters. The second kappa shape index (κ2) is 4.28. The van der Waals surface area contributed by atoms with E-state index in [2.05, 4.69) is 0 Å². The molecule has 0 bridgehead atoms. The maximum absolute atomic E-state index is 9.94. The van der Waals surface area contributed by atoms with E-state index in [9.17, 15) is 10.1 Å². The van der Waals surface area contributed by atoms with Crippen LogP contribution in [0.25, 0.3) is 0 Å². The molecule has 0 unspecified atom stereocenters. The second-order valence-electron chi connectivity index (χ2n) is 3.12. The highest BCUT2D eigenvalue weighted by Gasteiger charge is 2.16. The molecular formula is C7H15NO3. The summed E-state index contributed by atoms with van der Waals surface area (Å²) < 4.78 is 5.10. The SMILES string of the molecule is COC(C)(C)CCC[N+](=O)[O-]. The quantitative estimate of drug-likeness (QED) is 0.453. The number of nitrogens with zero attached hydrogens (tertiary/aromatic N) is 1. The first-order chi connectivity index (χ1) is 4.98. The molecule has 0 amide bonds. The van der Waals surface area contributed by atoms with E-state index in [0.717, 1.165) is 6.42 Å². The topological polar surface area (TPSA) is 52.4 Å². The van der Waals surface area contributed by atoms with Crippen molar-refractivity contribution in [3.05, 3.63) is 10.1 Å². The molecule has 0 spiro atoms. The van der Waals surface area contributed by atoms with Crippen molar-refractivity contribution in [1.82, 2.24) is 0 Å². The molecule has 4 heteroatoms. The normalized spacial score (nSPS) is 11.5. The zero-order chi connectivity index (χ0) is 8.91. The number of nitro groups is 1. The van der Waals surface area contributed by atoms with Gasteiger partial charge in [0.05, 0.1) is 5.60 Å². The summed E-state index contributed by atoms with van der Waals surface area (Å²) in [5.41, 5.74) is -0.226. The van der Waals surface area contributed by atoms with E-state index in [-0.39, 0.29) is 17.1 Å². The van der Waals surface area contributed by atoms with Crippen molar-refractivity contribution >= 4 is 0 Å². The summed E-state index contributed by atoms with van der Waals surface area (Å²) in [6, 6.07) is 0. The summed E-state index contributed by atoms with van der Waals surface area (Å²) in [4.78, 5) is 9.64. The predicted molar refractivity (Wildman–Crippen MR) is 42.2 cm³/mol. The molecule has 0 aliphatic carbocycles. The van der Waals surface area contributed by atoms with Gasteiger partial charge in [-0.05, 0) is 20.3 Å². The fourth-order valence-electron chi connectivity index (χ4n) is 0.736. The smallest absolute Gasteiger partial charge is 0.204 e. The summed E-state index contributed by atoms with van der Waals surface area (Å²) in [5.74, 6) is 0. The van der Waals surface area contributed by atoms with Crippen LogP contribution < -0.4 is 0 Å². The Morgan fingerprint density at radius 2 is 2.09 bits per heavy atom. The first-order valence-corrected chi connectivity index (χ1v) is 3.65. The van der Waals surface area contributed by atoms with Gasteiger partial charge < -0.3 is 4.74 Å². The molecule has 0 aromatic rings. The van der Waals surface area contributed by atoms with Crippen LogP contribution in [0.15, 0.2) is 0 Å². The molecule has 0 aliphatic heterocycles. The molecule has 4 nitrogen and oxygen atoms in total. The van der Waals surface area contributed by atoms with Gasteiger partial charge in [0.15, 0.2) is 0 Å². The summed E-state index contributed by atoms with van der Waals surface area (Å²) in [6.45, 7) is 3.88. The van der Waals surface area contributed by atoms with Crippen molar-refractivity contribution in [3.63, 3.8) is 0 Å². The van der Waals surface area contributed by atoms with Gasteiger partial charge in [0, 0.05) is 18.5 Å². The Hall–Kier alpha value is -0.640. The summed E-state index contributed by atoms with van der Waals surface area (Å²) >= 11 is 0. The first-order valence-electron chi connectivity index (χ1n) is 3.65. The Bertz CT molecular complexity index is 134. The van der Waals surface area contributed by atoms with E-state index in [1.165, 1.54) is 0 Å². The maximum atomic E-state index is 9.94. The third-order valence-electron chi connectivity index (χ3n) is 1.67. The fraction of sp³-hybridized carbons (Fsp3) is 1.00. The third-order valence-corrected chi connectivity index (χ3v) is 1.67. The molecule has 0 fully saturated rings. The van der Waals surface area contributed by atoms with Gasteiger partial charge in [-0.2, -0.15) is 0 Å². The Morgan fingerprint density at radius 3 is 2.45 bits per heavy atom. The van der Waals surface area contributed by atoms with Gasteiger partial charge in [-0.15, -0.1) is 0 Å². The molecular weight excluding hydrogens is 146 g/mol. The van der Waals surface area contributed by atoms with Crippen molar-refractivity contribution in [3.8, 4) is 0 Å². The van der Waals surface area contributed by atoms with E-state index >= 15 is 0 Å². The van der Waals surface area contributed by atoms with Crippen molar-refractivity contribution in [2.45, 2.75) is 32.3 Å². The Balaban J connectivity index is 3.45.